The lowest BCUT2D eigenvalue weighted by Crippen LogP contribution is -2.43. The number of hydrogen-bond acceptors (Lipinski definition) is 5. The first-order valence-corrected chi connectivity index (χ1v) is 8.49. The Hall–Kier alpha value is -2.87. The van der Waals surface area contributed by atoms with Crippen LogP contribution < -0.4 is 21.9 Å². The van der Waals surface area contributed by atoms with Crippen LogP contribution in [-0.2, 0) is 16.1 Å². The molecule has 0 atom stereocenters. The summed E-state index contributed by atoms with van der Waals surface area (Å²) in [5, 5.41) is 0. The van der Waals surface area contributed by atoms with Gasteiger partial charge >= 0.3 is 5.69 Å². The maximum absolute atomic E-state index is 12.6. The molecule has 2 aromatic rings. The predicted molar refractivity (Wildman–Crippen MR) is 98.2 cm³/mol. The fourth-order valence-corrected chi connectivity index (χ4v) is 2.83. The van der Waals surface area contributed by atoms with Gasteiger partial charge in [-0.1, -0.05) is 30.3 Å². The fraction of sp³-hybridized carbons (Fsp3) is 0.389. The van der Waals surface area contributed by atoms with Crippen LogP contribution in [0, 0.1) is 5.92 Å². The summed E-state index contributed by atoms with van der Waals surface area (Å²) in [6.45, 7) is 0.656. The van der Waals surface area contributed by atoms with Crippen molar-refractivity contribution in [2.45, 2.75) is 19.4 Å². The van der Waals surface area contributed by atoms with E-state index in [0.717, 1.165) is 18.4 Å². The molecule has 8 heteroatoms. The Morgan fingerprint density at radius 2 is 2.00 bits per heavy atom. The van der Waals surface area contributed by atoms with Gasteiger partial charge in [-0.2, -0.15) is 0 Å². The van der Waals surface area contributed by atoms with Gasteiger partial charge in [0.25, 0.3) is 5.56 Å². The minimum absolute atomic E-state index is 0.00878. The lowest BCUT2D eigenvalue weighted by Gasteiger charge is -2.24. The summed E-state index contributed by atoms with van der Waals surface area (Å²) in [6, 6.07) is 9.29. The normalized spacial score (nSPS) is 13.6. The van der Waals surface area contributed by atoms with Gasteiger partial charge in [0.2, 0.25) is 5.91 Å². The third-order valence-electron chi connectivity index (χ3n) is 4.38. The number of carbonyl (C=O) groups excluding carboxylic acids is 1. The molecule has 0 saturated heterocycles. The molecule has 1 aromatic carbocycles. The number of H-pyrrole nitrogens is 1. The number of ether oxygens (including phenoxy) is 1. The molecular formula is C18H22N4O4. The minimum atomic E-state index is -0.665. The van der Waals surface area contributed by atoms with Crippen LogP contribution in [-0.4, -0.2) is 35.7 Å². The summed E-state index contributed by atoms with van der Waals surface area (Å²) in [7, 11) is 1.52. The molecule has 3 N–H and O–H groups in total. The van der Waals surface area contributed by atoms with Crippen LogP contribution in [0.25, 0.3) is 0 Å². The first-order valence-electron chi connectivity index (χ1n) is 8.49. The first-order chi connectivity index (χ1) is 12.5. The fourth-order valence-electron chi connectivity index (χ4n) is 2.83. The quantitative estimate of drug-likeness (QED) is 0.751. The number of methoxy groups -OCH3 is 1. The Kier molecular flexibility index (Phi) is 5.22. The van der Waals surface area contributed by atoms with E-state index >= 15 is 0 Å². The highest BCUT2D eigenvalue weighted by molar-refractivity contribution is 5.98. The van der Waals surface area contributed by atoms with E-state index in [9.17, 15) is 14.4 Å². The van der Waals surface area contributed by atoms with Gasteiger partial charge < -0.3 is 15.4 Å². The topological polar surface area (TPSA) is 110 Å². The van der Waals surface area contributed by atoms with Crippen molar-refractivity contribution in [2.24, 2.45) is 5.92 Å². The Bertz CT molecular complexity index is 900. The van der Waals surface area contributed by atoms with Crippen molar-refractivity contribution in [2.75, 3.05) is 30.9 Å². The summed E-state index contributed by atoms with van der Waals surface area (Å²) in [5.74, 6) is -0.281. The Morgan fingerprint density at radius 1 is 1.31 bits per heavy atom. The summed E-state index contributed by atoms with van der Waals surface area (Å²) in [5.41, 5.74) is 5.77. The van der Waals surface area contributed by atoms with E-state index in [4.69, 9.17) is 10.5 Å². The zero-order valence-corrected chi connectivity index (χ0v) is 14.6. The minimum Gasteiger partial charge on any atom is -0.383 e. The number of amides is 1. The van der Waals surface area contributed by atoms with Crippen molar-refractivity contribution in [3.8, 4) is 0 Å². The van der Waals surface area contributed by atoms with Crippen LogP contribution in [0.2, 0.25) is 0 Å². The number of nitrogens with two attached hydrogens (primary N) is 1. The third kappa shape index (κ3) is 3.70. The number of nitrogens with one attached hydrogen (secondary N) is 1. The number of rotatable bonds is 7. The molecule has 138 valence electrons. The van der Waals surface area contributed by atoms with Crippen molar-refractivity contribution in [3.63, 3.8) is 0 Å². The van der Waals surface area contributed by atoms with Gasteiger partial charge in [0, 0.05) is 19.6 Å². The SMILES string of the molecule is COCCN(C(=O)C1CC1)c1c(N)n(Cc2ccccc2)c(=O)[nH]c1=O. The average molecular weight is 358 g/mol. The van der Waals surface area contributed by atoms with Crippen molar-refractivity contribution in [1.82, 2.24) is 9.55 Å². The highest BCUT2D eigenvalue weighted by Crippen LogP contribution is 2.33. The summed E-state index contributed by atoms with van der Waals surface area (Å²) >= 11 is 0. The van der Waals surface area contributed by atoms with E-state index in [1.54, 1.807) is 0 Å². The molecule has 0 spiro atoms. The number of aromatic amines is 1. The Morgan fingerprint density at radius 3 is 2.62 bits per heavy atom. The number of nitrogens with zero attached hydrogens (tertiary/aromatic N) is 2. The molecule has 1 aromatic heterocycles. The first kappa shape index (κ1) is 17.9. The van der Waals surface area contributed by atoms with Crippen LogP contribution in [0.1, 0.15) is 18.4 Å². The Balaban J connectivity index is 2.04. The number of nitrogen functional groups attached to an aromatic ring is 1. The number of aromatic nitrogens is 2. The average Bonchev–Trinajstić information content (AvgIpc) is 3.47. The lowest BCUT2D eigenvalue weighted by atomic mass is 10.2. The number of benzene rings is 1. The second kappa shape index (κ2) is 7.57. The van der Waals surface area contributed by atoms with Gasteiger partial charge in [0.1, 0.15) is 5.82 Å². The smallest absolute Gasteiger partial charge is 0.330 e. The van der Waals surface area contributed by atoms with Crippen LogP contribution >= 0.6 is 0 Å². The summed E-state index contributed by atoms with van der Waals surface area (Å²) in [6.07, 6.45) is 1.59. The molecule has 1 heterocycles. The molecular weight excluding hydrogens is 336 g/mol. The molecule has 26 heavy (non-hydrogen) atoms. The molecule has 3 rings (SSSR count). The zero-order chi connectivity index (χ0) is 18.7. The second-order valence-corrected chi connectivity index (χ2v) is 6.32. The van der Waals surface area contributed by atoms with Gasteiger partial charge in [0.15, 0.2) is 5.69 Å². The number of hydrogen-bond donors (Lipinski definition) is 2. The van der Waals surface area contributed by atoms with Gasteiger partial charge in [-0.25, -0.2) is 4.79 Å². The standard InChI is InChI=1S/C18H22N4O4/c1-26-10-9-21(17(24)13-7-8-13)14-15(19)22(18(25)20-16(14)23)11-12-5-3-2-4-6-12/h2-6,13H,7-11,19H2,1H3,(H,20,23,25). The largest absolute Gasteiger partial charge is 0.383 e. The van der Waals surface area contributed by atoms with E-state index in [-0.39, 0.29) is 43.0 Å². The van der Waals surface area contributed by atoms with Crippen LogP contribution in [0.15, 0.2) is 39.9 Å². The molecule has 8 nitrogen and oxygen atoms in total. The zero-order valence-electron chi connectivity index (χ0n) is 14.6. The molecule has 1 amide bonds. The Labute approximate surface area is 150 Å². The van der Waals surface area contributed by atoms with Gasteiger partial charge in [-0.05, 0) is 18.4 Å². The predicted octanol–water partition coefficient (Wildman–Crippen LogP) is 0.556. The van der Waals surface area contributed by atoms with E-state index in [2.05, 4.69) is 4.98 Å². The molecule has 1 aliphatic carbocycles. The van der Waals surface area contributed by atoms with Gasteiger partial charge in [0.05, 0.1) is 13.2 Å². The highest BCUT2D eigenvalue weighted by atomic mass is 16.5. The van der Waals surface area contributed by atoms with Gasteiger partial charge in [-0.15, -0.1) is 0 Å². The molecule has 1 saturated carbocycles. The molecule has 0 unspecified atom stereocenters. The van der Waals surface area contributed by atoms with Crippen molar-refractivity contribution in [3.05, 3.63) is 56.7 Å². The third-order valence-corrected chi connectivity index (χ3v) is 4.38. The van der Waals surface area contributed by atoms with Crippen molar-refractivity contribution < 1.29 is 9.53 Å². The van der Waals surface area contributed by atoms with E-state index in [1.807, 2.05) is 30.3 Å². The van der Waals surface area contributed by atoms with Gasteiger partial charge in [-0.3, -0.25) is 19.1 Å². The van der Waals surface area contributed by atoms with E-state index in [0.29, 0.717) is 0 Å². The molecule has 0 aliphatic heterocycles. The molecule has 0 radical (unpaired) electrons. The van der Waals surface area contributed by atoms with Crippen LogP contribution in [0.5, 0.6) is 0 Å². The summed E-state index contributed by atoms with van der Waals surface area (Å²) in [4.78, 5) is 41.0. The monoisotopic (exact) mass is 358 g/mol. The summed E-state index contributed by atoms with van der Waals surface area (Å²) < 4.78 is 6.33. The second-order valence-electron chi connectivity index (χ2n) is 6.32. The molecule has 0 bridgehead atoms. The number of carbonyl (C=O) groups is 1. The van der Waals surface area contributed by atoms with Crippen LogP contribution in [0.4, 0.5) is 11.5 Å². The maximum Gasteiger partial charge on any atom is 0.330 e. The highest BCUT2D eigenvalue weighted by Gasteiger charge is 2.36. The number of anilines is 2. The van der Waals surface area contributed by atoms with E-state index < -0.39 is 11.2 Å². The lowest BCUT2D eigenvalue weighted by molar-refractivity contribution is -0.119. The van der Waals surface area contributed by atoms with Crippen LogP contribution in [0.3, 0.4) is 0 Å². The van der Waals surface area contributed by atoms with Crippen molar-refractivity contribution >= 4 is 17.4 Å². The molecule has 1 aliphatic rings. The van der Waals surface area contributed by atoms with E-state index in [1.165, 1.54) is 16.6 Å². The van der Waals surface area contributed by atoms with Crippen molar-refractivity contribution in [1.29, 1.82) is 0 Å². The maximum atomic E-state index is 12.6. The molecule has 1 fully saturated rings.